The topological polar surface area (TPSA) is 64.6 Å². The average molecular weight is 637 g/mol. The fourth-order valence-corrected chi connectivity index (χ4v) is 5.09. The first kappa shape index (κ1) is 34.4. The minimum Gasteiger partial charge on any atom is -0.372 e. The highest BCUT2D eigenvalue weighted by Gasteiger charge is 2.49. The minimum atomic E-state index is -1.27. The summed E-state index contributed by atoms with van der Waals surface area (Å²) in [5.74, 6) is -1.27. The molecule has 5 rings (SSSR count). The molecule has 0 bridgehead atoms. The van der Waals surface area contributed by atoms with Crippen molar-refractivity contribution in [2.45, 2.75) is 57.3 Å². The van der Waals surface area contributed by atoms with Crippen LogP contribution >= 0.6 is 0 Å². The lowest BCUT2D eigenvalue weighted by Crippen LogP contribution is -2.58. The van der Waals surface area contributed by atoms with E-state index in [2.05, 4.69) is 13.2 Å². The van der Waals surface area contributed by atoms with Crippen LogP contribution in [0.15, 0.2) is 146 Å². The van der Waals surface area contributed by atoms with Gasteiger partial charge in [0, 0.05) is 6.42 Å². The number of benzene rings is 4. The third-order valence-corrected chi connectivity index (χ3v) is 7.66. The van der Waals surface area contributed by atoms with Gasteiger partial charge in [-0.05, 0) is 33.9 Å². The van der Waals surface area contributed by atoms with Crippen LogP contribution in [0.25, 0.3) is 0 Å². The van der Waals surface area contributed by atoms with Gasteiger partial charge in [-0.15, -0.1) is 0 Å². The first-order valence-corrected chi connectivity index (χ1v) is 15.9. The van der Waals surface area contributed by atoms with Crippen molar-refractivity contribution < 1.29 is 33.2 Å². The van der Waals surface area contributed by atoms with Gasteiger partial charge in [0.05, 0.1) is 39.6 Å². The maximum Gasteiger partial charge on any atom is 0.220 e. The van der Waals surface area contributed by atoms with E-state index in [4.69, 9.17) is 33.2 Å². The van der Waals surface area contributed by atoms with Crippen molar-refractivity contribution >= 4 is 0 Å². The van der Waals surface area contributed by atoms with E-state index in [9.17, 15) is 0 Å². The second-order valence-corrected chi connectivity index (χ2v) is 11.4. The zero-order chi connectivity index (χ0) is 32.6. The molecule has 1 fully saturated rings. The molecule has 0 N–H and O–H groups in total. The quantitative estimate of drug-likeness (QED) is 0.0770. The Hall–Kier alpha value is -3.92. The molecule has 0 radical (unpaired) electrons. The molecule has 0 spiro atoms. The first-order chi connectivity index (χ1) is 23.1. The van der Waals surface area contributed by atoms with E-state index in [0.717, 1.165) is 27.8 Å². The van der Waals surface area contributed by atoms with Gasteiger partial charge < -0.3 is 33.2 Å². The number of hydrogen-bond acceptors (Lipinski definition) is 7. The van der Waals surface area contributed by atoms with Crippen molar-refractivity contribution in [3.8, 4) is 0 Å². The van der Waals surface area contributed by atoms with Crippen molar-refractivity contribution in [3.63, 3.8) is 0 Å². The summed E-state index contributed by atoms with van der Waals surface area (Å²) in [6, 6.07) is 39.9. The van der Waals surface area contributed by atoms with Crippen LogP contribution in [0.2, 0.25) is 0 Å². The molecule has 1 aliphatic rings. The van der Waals surface area contributed by atoms with E-state index >= 15 is 0 Å². The highest BCUT2D eigenvalue weighted by Crippen LogP contribution is 2.35. The lowest BCUT2D eigenvalue weighted by atomic mass is 10.0. The Kier molecular flexibility index (Phi) is 13.5. The second-order valence-electron chi connectivity index (χ2n) is 11.4. The molecule has 0 saturated carbocycles. The molecule has 0 amide bonds. The first-order valence-electron chi connectivity index (χ1n) is 15.9. The standard InChI is InChI=1S/C40H44O7/c1-3-38(42-26-32(2)25-41-27-33-16-8-4-9-17-33)47-37-24-39(43-28-34-18-10-5-11-19-34)44-31-40(37,45-29-35-20-12-6-13-21-35)46-30-36-22-14-7-15-23-36/h3-23,37-39H,1-2,24-31H2/t37?,38-,39?/m0/s1. The molecule has 1 aliphatic heterocycles. The third-order valence-electron chi connectivity index (χ3n) is 7.66. The summed E-state index contributed by atoms with van der Waals surface area (Å²) in [5, 5.41) is 0. The SMILES string of the molecule is C=C[C@@H](OCC(=C)COCc1ccccc1)OC1CC(OCc2ccccc2)OCC1(OCc1ccccc1)OCc1ccccc1. The molecule has 2 unspecified atom stereocenters. The monoisotopic (exact) mass is 636 g/mol. The van der Waals surface area contributed by atoms with Crippen LogP contribution in [0, 0.1) is 0 Å². The summed E-state index contributed by atoms with van der Waals surface area (Å²) in [6.45, 7) is 10.3. The van der Waals surface area contributed by atoms with Crippen LogP contribution < -0.4 is 0 Å². The smallest absolute Gasteiger partial charge is 0.220 e. The molecular weight excluding hydrogens is 592 g/mol. The Morgan fingerprint density at radius 3 is 1.70 bits per heavy atom. The van der Waals surface area contributed by atoms with Crippen molar-refractivity contribution in [1.82, 2.24) is 0 Å². The molecule has 4 aromatic rings. The van der Waals surface area contributed by atoms with Crippen LogP contribution in [0.3, 0.4) is 0 Å². The minimum absolute atomic E-state index is 0.0840. The maximum absolute atomic E-state index is 6.61. The van der Waals surface area contributed by atoms with Gasteiger partial charge in [-0.2, -0.15) is 0 Å². The maximum atomic E-state index is 6.61. The summed E-state index contributed by atoms with van der Waals surface area (Å²) >= 11 is 0. The van der Waals surface area contributed by atoms with E-state index in [1.807, 2.05) is 121 Å². The van der Waals surface area contributed by atoms with E-state index in [1.165, 1.54) is 0 Å². The van der Waals surface area contributed by atoms with Crippen LogP contribution in [0.5, 0.6) is 0 Å². The van der Waals surface area contributed by atoms with Crippen LogP contribution in [0.1, 0.15) is 28.7 Å². The Balaban J connectivity index is 1.28. The van der Waals surface area contributed by atoms with Crippen molar-refractivity contribution in [2.75, 3.05) is 19.8 Å². The van der Waals surface area contributed by atoms with Gasteiger partial charge in [0.2, 0.25) is 5.79 Å². The fourth-order valence-electron chi connectivity index (χ4n) is 5.09. The van der Waals surface area contributed by atoms with Gasteiger partial charge in [-0.3, -0.25) is 0 Å². The average Bonchev–Trinajstić information content (AvgIpc) is 3.13. The third kappa shape index (κ3) is 11.1. The van der Waals surface area contributed by atoms with Crippen molar-refractivity contribution in [2.24, 2.45) is 0 Å². The molecule has 1 saturated heterocycles. The van der Waals surface area contributed by atoms with Crippen molar-refractivity contribution in [1.29, 1.82) is 0 Å². The van der Waals surface area contributed by atoms with Crippen LogP contribution in [-0.2, 0) is 59.6 Å². The van der Waals surface area contributed by atoms with Gasteiger partial charge in [0.15, 0.2) is 12.6 Å². The highest BCUT2D eigenvalue weighted by atomic mass is 16.8. The summed E-state index contributed by atoms with van der Waals surface area (Å²) < 4.78 is 44.3. The van der Waals surface area contributed by atoms with Gasteiger partial charge in [0.25, 0.3) is 0 Å². The number of rotatable bonds is 19. The molecule has 47 heavy (non-hydrogen) atoms. The largest absolute Gasteiger partial charge is 0.372 e. The molecule has 7 nitrogen and oxygen atoms in total. The zero-order valence-corrected chi connectivity index (χ0v) is 26.8. The molecular formula is C40H44O7. The van der Waals surface area contributed by atoms with E-state index in [1.54, 1.807) is 6.08 Å². The lowest BCUT2D eigenvalue weighted by molar-refractivity contribution is -0.378. The van der Waals surface area contributed by atoms with Crippen LogP contribution in [-0.4, -0.2) is 44.3 Å². The molecule has 7 heteroatoms. The summed E-state index contributed by atoms with van der Waals surface area (Å²) in [6.07, 6.45) is -0.00717. The summed E-state index contributed by atoms with van der Waals surface area (Å²) in [7, 11) is 0. The molecule has 0 aliphatic carbocycles. The molecule has 3 atom stereocenters. The Bertz CT molecular complexity index is 1420. The van der Waals surface area contributed by atoms with Gasteiger partial charge >= 0.3 is 0 Å². The Morgan fingerprint density at radius 2 is 1.19 bits per heavy atom. The Morgan fingerprint density at radius 1 is 0.702 bits per heavy atom. The highest BCUT2D eigenvalue weighted by molar-refractivity contribution is 5.16. The van der Waals surface area contributed by atoms with E-state index in [0.29, 0.717) is 39.5 Å². The van der Waals surface area contributed by atoms with Gasteiger partial charge in [0.1, 0.15) is 12.7 Å². The predicted molar refractivity (Wildman–Crippen MR) is 181 cm³/mol. The fraction of sp³-hybridized carbons (Fsp3) is 0.300. The normalized spacial score (nSPS) is 18.0. The number of hydrogen-bond donors (Lipinski definition) is 0. The molecule has 4 aromatic carbocycles. The molecule has 246 valence electrons. The van der Waals surface area contributed by atoms with Crippen molar-refractivity contribution in [3.05, 3.63) is 168 Å². The molecule has 1 heterocycles. The predicted octanol–water partition coefficient (Wildman–Crippen LogP) is 7.77. The lowest BCUT2D eigenvalue weighted by Gasteiger charge is -2.45. The van der Waals surface area contributed by atoms with E-state index in [-0.39, 0.29) is 13.2 Å². The Labute approximate surface area is 278 Å². The van der Waals surface area contributed by atoms with Crippen LogP contribution in [0.4, 0.5) is 0 Å². The van der Waals surface area contributed by atoms with Gasteiger partial charge in [-0.1, -0.05) is 134 Å². The zero-order valence-electron chi connectivity index (χ0n) is 26.8. The van der Waals surface area contributed by atoms with E-state index < -0.39 is 24.5 Å². The summed E-state index contributed by atoms with van der Waals surface area (Å²) in [5.41, 5.74) is 4.92. The van der Waals surface area contributed by atoms with Gasteiger partial charge in [-0.25, -0.2) is 0 Å². The summed E-state index contributed by atoms with van der Waals surface area (Å²) in [4.78, 5) is 0. The molecule has 0 aromatic heterocycles. The number of ether oxygens (including phenoxy) is 7. The second kappa shape index (κ2) is 18.4.